The van der Waals surface area contributed by atoms with Gasteiger partial charge >= 0.3 is 11.9 Å². The van der Waals surface area contributed by atoms with Crippen molar-refractivity contribution in [3.63, 3.8) is 0 Å². The quantitative estimate of drug-likeness (QED) is 0.801. The first-order valence-electron chi connectivity index (χ1n) is 8.20. The SMILES string of the molecule is CCCc1ccc(CCC2(C(=O)O)CCC=C(C(=O)O)C2)cc1. The third-order valence-corrected chi connectivity index (χ3v) is 4.72. The van der Waals surface area contributed by atoms with E-state index in [1.807, 2.05) is 0 Å². The number of hydrogen-bond donors (Lipinski definition) is 2. The highest BCUT2D eigenvalue weighted by molar-refractivity contribution is 5.89. The summed E-state index contributed by atoms with van der Waals surface area (Å²) in [7, 11) is 0. The van der Waals surface area contributed by atoms with E-state index in [-0.39, 0.29) is 12.0 Å². The second-order valence-electron chi connectivity index (χ2n) is 6.40. The third-order valence-electron chi connectivity index (χ3n) is 4.72. The Labute approximate surface area is 136 Å². The van der Waals surface area contributed by atoms with Gasteiger partial charge in [-0.15, -0.1) is 0 Å². The molecule has 0 aliphatic heterocycles. The molecule has 4 nitrogen and oxygen atoms in total. The second kappa shape index (κ2) is 7.44. The van der Waals surface area contributed by atoms with Gasteiger partial charge in [-0.1, -0.05) is 43.7 Å². The molecule has 23 heavy (non-hydrogen) atoms. The van der Waals surface area contributed by atoms with Crippen LogP contribution in [0.25, 0.3) is 0 Å². The lowest BCUT2D eigenvalue weighted by atomic mass is 9.70. The fourth-order valence-corrected chi connectivity index (χ4v) is 3.26. The molecule has 124 valence electrons. The predicted octanol–water partition coefficient (Wildman–Crippen LogP) is 3.84. The average molecular weight is 316 g/mol. The van der Waals surface area contributed by atoms with Crippen molar-refractivity contribution in [1.29, 1.82) is 0 Å². The van der Waals surface area contributed by atoms with Crippen LogP contribution in [0, 0.1) is 5.41 Å². The molecule has 0 fully saturated rings. The van der Waals surface area contributed by atoms with Gasteiger partial charge in [-0.2, -0.15) is 0 Å². The highest BCUT2D eigenvalue weighted by atomic mass is 16.4. The van der Waals surface area contributed by atoms with Crippen LogP contribution in [0.1, 0.15) is 50.2 Å². The van der Waals surface area contributed by atoms with Crippen LogP contribution in [-0.2, 0) is 22.4 Å². The van der Waals surface area contributed by atoms with Crippen LogP contribution in [0.5, 0.6) is 0 Å². The summed E-state index contributed by atoms with van der Waals surface area (Å²) >= 11 is 0. The molecule has 1 atom stereocenters. The Kier molecular flexibility index (Phi) is 5.59. The molecule has 0 radical (unpaired) electrons. The van der Waals surface area contributed by atoms with E-state index in [0.29, 0.717) is 25.7 Å². The van der Waals surface area contributed by atoms with Crippen molar-refractivity contribution in [3.05, 3.63) is 47.0 Å². The maximum atomic E-state index is 11.8. The lowest BCUT2D eigenvalue weighted by molar-refractivity contribution is -0.150. The van der Waals surface area contributed by atoms with Crippen molar-refractivity contribution >= 4 is 11.9 Å². The summed E-state index contributed by atoms with van der Waals surface area (Å²) in [5.41, 5.74) is 1.68. The number of carboxylic acids is 2. The van der Waals surface area contributed by atoms with Gasteiger partial charge in [-0.05, 0) is 49.7 Å². The van der Waals surface area contributed by atoms with Crippen LogP contribution < -0.4 is 0 Å². The van der Waals surface area contributed by atoms with Gasteiger partial charge in [0.2, 0.25) is 0 Å². The molecule has 0 bridgehead atoms. The molecule has 1 aliphatic rings. The standard InChI is InChI=1S/C19H24O4/c1-2-4-14-6-8-15(9-7-14)10-12-19(18(22)23)11-3-5-16(13-19)17(20)21/h5-9H,2-4,10-13H2,1H3,(H,20,21)(H,22,23). The molecule has 1 aliphatic carbocycles. The first kappa shape index (κ1) is 17.3. The number of carbonyl (C=O) groups is 2. The largest absolute Gasteiger partial charge is 0.481 e. The van der Waals surface area contributed by atoms with Crippen LogP contribution in [0.3, 0.4) is 0 Å². The fourth-order valence-electron chi connectivity index (χ4n) is 3.26. The number of aliphatic carboxylic acids is 2. The van der Waals surface area contributed by atoms with Crippen molar-refractivity contribution in [2.75, 3.05) is 0 Å². The van der Waals surface area contributed by atoms with E-state index in [4.69, 9.17) is 5.11 Å². The zero-order valence-corrected chi connectivity index (χ0v) is 13.5. The van der Waals surface area contributed by atoms with Crippen LogP contribution in [-0.4, -0.2) is 22.2 Å². The fraction of sp³-hybridized carbons (Fsp3) is 0.474. The summed E-state index contributed by atoms with van der Waals surface area (Å²) in [6.45, 7) is 2.14. The number of aryl methyl sites for hydroxylation is 2. The number of rotatable bonds is 7. The van der Waals surface area contributed by atoms with E-state index in [2.05, 4.69) is 31.2 Å². The number of allylic oxidation sites excluding steroid dienone is 1. The van der Waals surface area contributed by atoms with Gasteiger partial charge in [0.05, 0.1) is 5.41 Å². The monoisotopic (exact) mass is 316 g/mol. The highest BCUT2D eigenvalue weighted by Crippen LogP contribution is 2.40. The van der Waals surface area contributed by atoms with E-state index < -0.39 is 17.4 Å². The summed E-state index contributed by atoms with van der Waals surface area (Å²) in [5.74, 6) is -1.88. The summed E-state index contributed by atoms with van der Waals surface area (Å²) in [4.78, 5) is 23.0. The van der Waals surface area contributed by atoms with E-state index in [0.717, 1.165) is 18.4 Å². The van der Waals surface area contributed by atoms with Gasteiger partial charge in [0.25, 0.3) is 0 Å². The summed E-state index contributed by atoms with van der Waals surface area (Å²) < 4.78 is 0. The van der Waals surface area contributed by atoms with Gasteiger partial charge in [0.1, 0.15) is 0 Å². The van der Waals surface area contributed by atoms with Crippen LogP contribution >= 0.6 is 0 Å². The smallest absolute Gasteiger partial charge is 0.331 e. The molecule has 0 amide bonds. The van der Waals surface area contributed by atoms with Crippen LogP contribution in [0.4, 0.5) is 0 Å². The average Bonchev–Trinajstić information content (AvgIpc) is 2.54. The Morgan fingerprint density at radius 3 is 2.22 bits per heavy atom. The molecule has 0 saturated heterocycles. The van der Waals surface area contributed by atoms with E-state index in [1.54, 1.807) is 6.08 Å². The normalized spacial score (nSPS) is 20.8. The Morgan fingerprint density at radius 1 is 1.09 bits per heavy atom. The first-order valence-corrected chi connectivity index (χ1v) is 8.20. The van der Waals surface area contributed by atoms with Crippen molar-refractivity contribution < 1.29 is 19.8 Å². The van der Waals surface area contributed by atoms with Crippen molar-refractivity contribution in [1.82, 2.24) is 0 Å². The van der Waals surface area contributed by atoms with Gasteiger partial charge in [0, 0.05) is 5.57 Å². The molecule has 0 aromatic heterocycles. The maximum absolute atomic E-state index is 11.8. The molecular weight excluding hydrogens is 292 g/mol. The van der Waals surface area contributed by atoms with Crippen molar-refractivity contribution in [3.8, 4) is 0 Å². The van der Waals surface area contributed by atoms with E-state index in [9.17, 15) is 14.7 Å². The molecule has 1 aromatic carbocycles. The highest BCUT2D eigenvalue weighted by Gasteiger charge is 2.41. The van der Waals surface area contributed by atoms with Gasteiger partial charge in [0.15, 0.2) is 0 Å². The molecule has 2 N–H and O–H groups in total. The lowest BCUT2D eigenvalue weighted by Gasteiger charge is -2.32. The van der Waals surface area contributed by atoms with Crippen LogP contribution in [0.15, 0.2) is 35.9 Å². The minimum atomic E-state index is -1.00. The Balaban J connectivity index is 2.07. The predicted molar refractivity (Wildman–Crippen MR) is 88.4 cm³/mol. The molecule has 0 spiro atoms. The number of benzene rings is 1. The minimum absolute atomic E-state index is 0.117. The molecular formula is C19H24O4. The minimum Gasteiger partial charge on any atom is -0.481 e. The number of hydrogen-bond acceptors (Lipinski definition) is 2. The zero-order chi connectivity index (χ0) is 16.9. The topological polar surface area (TPSA) is 74.6 Å². The van der Waals surface area contributed by atoms with E-state index in [1.165, 1.54) is 5.56 Å². The third kappa shape index (κ3) is 4.21. The Hall–Kier alpha value is -2.10. The van der Waals surface area contributed by atoms with Gasteiger partial charge in [-0.25, -0.2) is 4.79 Å². The Morgan fingerprint density at radius 2 is 1.70 bits per heavy atom. The van der Waals surface area contributed by atoms with Crippen molar-refractivity contribution in [2.24, 2.45) is 5.41 Å². The second-order valence-corrected chi connectivity index (χ2v) is 6.40. The lowest BCUT2D eigenvalue weighted by Crippen LogP contribution is -2.35. The molecule has 4 heteroatoms. The van der Waals surface area contributed by atoms with Crippen LogP contribution in [0.2, 0.25) is 0 Å². The van der Waals surface area contributed by atoms with Gasteiger partial charge < -0.3 is 10.2 Å². The first-order chi connectivity index (χ1) is 11.0. The number of carboxylic acid groups (broad SMARTS) is 2. The molecule has 2 rings (SSSR count). The summed E-state index contributed by atoms with van der Waals surface area (Å²) in [6, 6.07) is 8.29. The van der Waals surface area contributed by atoms with E-state index >= 15 is 0 Å². The Bertz CT molecular complexity index is 600. The van der Waals surface area contributed by atoms with Crippen molar-refractivity contribution in [2.45, 2.75) is 51.9 Å². The summed E-state index contributed by atoms with van der Waals surface area (Å²) in [6.07, 6.45) is 6.08. The van der Waals surface area contributed by atoms with Gasteiger partial charge in [-0.3, -0.25) is 4.79 Å². The molecule has 1 aromatic rings. The molecule has 1 unspecified atom stereocenters. The molecule has 0 saturated carbocycles. The maximum Gasteiger partial charge on any atom is 0.331 e. The zero-order valence-electron chi connectivity index (χ0n) is 13.5. The summed E-state index contributed by atoms with van der Waals surface area (Å²) in [5, 5.41) is 18.8. The molecule has 0 heterocycles.